The van der Waals surface area contributed by atoms with Gasteiger partial charge in [0.1, 0.15) is 5.76 Å². The zero-order valence-electron chi connectivity index (χ0n) is 5.83. The summed E-state index contributed by atoms with van der Waals surface area (Å²) in [5.74, 6) is 0.589. The third-order valence-electron chi connectivity index (χ3n) is 1.30. The highest BCUT2D eigenvalue weighted by Crippen LogP contribution is 2.17. The zero-order valence-corrected chi connectivity index (χ0v) is 7.41. The first-order valence-corrected chi connectivity index (χ1v) is 4.01. The summed E-state index contributed by atoms with van der Waals surface area (Å²) in [6.45, 7) is 0.0550. The minimum Gasteiger partial charge on any atom is -0.435 e. The molecule has 0 amide bonds. The van der Waals surface area contributed by atoms with Gasteiger partial charge >= 0.3 is 0 Å². The summed E-state index contributed by atoms with van der Waals surface area (Å²) in [7, 11) is 0. The van der Waals surface area contributed by atoms with Gasteiger partial charge in [0.25, 0.3) is 4.80 Å². The molecule has 0 spiro atoms. The fourth-order valence-corrected chi connectivity index (χ4v) is 1.01. The summed E-state index contributed by atoms with van der Waals surface area (Å²) >= 11 is 3.06. The third kappa shape index (κ3) is 2.28. The summed E-state index contributed by atoms with van der Waals surface area (Å²) in [5, 5.41) is 8.55. The lowest BCUT2D eigenvalue weighted by atomic mass is 10.2. The van der Waals surface area contributed by atoms with Crippen LogP contribution in [0, 0.1) is 0 Å². The average Bonchev–Trinajstić information content (AvgIpc) is 2.36. The summed E-state index contributed by atoms with van der Waals surface area (Å²) in [5.41, 5.74) is 5.60. The molecule has 3 N–H and O–H groups in total. The molecule has 4 nitrogen and oxygen atoms in total. The summed E-state index contributed by atoms with van der Waals surface area (Å²) in [4.78, 5) is 4.23. The lowest BCUT2D eigenvalue weighted by molar-refractivity contribution is 0.268. The van der Waals surface area contributed by atoms with Gasteiger partial charge in [-0.25, -0.2) is 4.98 Å². The summed E-state index contributed by atoms with van der Waals surface area (Å²) in [6, 6.07) is -0.265. The SMILES string of the molecule is NC(CCO)c1cnc(Br)o1. The number of nitrogens with two attached hydrogens (primary N) is 1. The van der Waals surface area contributed by atoms with Gasteiger partial charge in [0.2, 0.25) is 0 Å². The summed E-state index contributed by atoms with van der Waals surface area (Å²) in [6.07, 6.45) is 2.03. The van der Waals surface area contributed by atoms with Gasteiger partial charge in [-0.1, -0.05) is 0 Å². The van der Waals surface area contributed by atoms with Crippen LogP contribution in [-0.4, -0.2) is 16.7 Å². The van der Waals surface area contributed by atoms with Gasteiger partial charge < -0.3 is 15.3 Å². The van der Waals surface area contributed by atoms with Crippen molar-refractivity contribution in [1.82, 2.24) is 4.98 Å². The maximum absolute atomic E-state index is 8.55. The predicted molar refractivity (Wildman–Crippen MR) is 42.8 cm³/mol. The number of hydrogen-bond acceptors (Lipinski definition) is 4. The van der Waals surface area contributed by atoms with Gasteiger partial charge in [-0.3, -0.25) is 0 Å². The van der Waals surface area contributed by atoms with Gasteiger partial charge in [0, 0.05) is 22.5 Å². The van der Waals surface area contributed by atoms with Crippen LogP contribution in [-0.2, 0) is 0 Å². The Bertz CT molecular complexity index is 226. The number of aliphatic hydroxyl groups excluding tert-OH is 1. The Morgan fingerprint density at radius 3 is 3.00 bits per heavy atom. The van der Waals surface area contributed by atoms with E-state index in [2.05, 4.69) is 20.9 Å². The van der Waals surface area contributed by atoms with Crippen molar-refractivity contribution in [2.45, 2.75) is 12.5 Å². The van der Waals surface area contributed by atoms with E-state index in [4.69, 9.17) is 15.3 Å². The van der Waals surface area contributed by atoms with E-state index in [-0.39, 0.29) is 12.6 Å². The number of hydrogen-bond donors (Lipinski definition) is 2. The number of rotatable bonds is 3. The van der Waals surface area contributed by atoms with Crippen molar-refractivity contribution in [2.24, 2.45) is 5.73 Å². The fraction of sp³-hybridized carbons (Fsp3) is 0.500. The van der Waals surface area contributed by atoms with Crippen molar-refractivity contribution >= 4 is 15.9 Å². The molecule has 0 bridgehead atoms. The van der Waals surface area contributed by atoms with Crippen LogP contribution >= 0.6 is 15.9 Å². The van der Waals surface area contributed by atoms with Crippen LogP contribution in [0.2, 0.25) is 0 Å². The van der Waals surface area contributed by atoms with Crippen LogP contribution in [0.1, 0.15) is 18.2 Å². The average molecular weight is 221 g/mol. The van der Waals surface area contributed by atoms with E-state index >= 15 is 0 Å². The Hall–Kier alpha value is -0.390. The molecule has 1 heterocycles. The van der Waals surface area contributed by atoms with E-state index in [1.807, 2.05) is 0 Å². The monoisotopic (exact) mass is 220 g/mol. The maximum Gasteiger partial charge on any atom is 0.264 e. The lowest BCUT2D eigenvalue weighted by Crippen LogP contribution is -2.10. The fourth-order valence-electron chi connectivity index (χ4n) is 0.717. The van der Waals surface area contributed by atoms with E-state index in [0.717, 1.165) is 0 Å². The highest BCUT2D eigenvalue weighted by molar-refractivity contribution is 9.10. The molecule has 5 heteroatoms. The molecular weight excluding hydrogens is 212 g/mol. The molecule has 1 atom stereocenters. The predicted octanol–water partition coefficient (Wildman–Crippen LogP) is 0.819. The van der Waals surface area contributed by atoms with E-state index in [9.17, 15) is 0 Å². The second kappa shape index (κ2) is 3.85. The maximum atomic E-state index is 8.55. The van der Waals surface area contributed by atoms with Crippen molar-refractivity contribution in [3.05, 3.63) is 16.8 Å². The molecule has 0 saturated carbocycles. The van der Waals surface area contributed by atoms with Crippen LogP contribution in [0.3, 0.4) is 0 Å². The normalized spacial score (nSPS) is 13.4. The van der Waals surface area contributed by atoms with Gasteiger partial charge in [-0.2, -0.15) is 0 Å². The van der Waals surface area contributed by atoms with Gasteiger partial charge in [-0.15, -0.1) is 0 Å². The van der Waals surface area contributed by atoms with Crippen LogP contribution in [0.25, 0.3) is 0 Å². The first-order valence-electron chi connectivity index (χ1n) is 3.21. The topological polar surface area (TPSA) is 72.3 Å². The Kier molecular flexibility index (Phi) is 3.04. The largest absolute Gasteiger partial charge is 0.435 e. The van der Waals surface area contributed by atoms with E-state index in [1.54, 1.807) is 6.20 Å². The lowest BCUT2D eigenvalue weighted by Gasteiger charge is -2.03. The number of oxazole rings is 1. The second-order valence-electron chi connectivity index (χ2n) is 2.13. The molecule has 0 fully saturated rings. The molecule has 1 rings (SSSR count). The molecule has 0 aliphatic carbocycles. The Morgan fingerprint density at radius 2 is 2.55 bits per heavy atom. The van der Waals surface area contributed by atoms with E-state index in [1.165, 1.54) is 0 Å². The standard InChI is InChI=1S/C6H9BrN2O2/c7-6-9-3-5(11-6)4(8)1-2-10/h3-4,10H,1-2,8H2. The molecule has 1 aromatic rings. The van der Waals surface area contributed by atoms with Crippen LogP contribution in [0.4, 0.5) is 0 Å². The molecule has 0 saturated heterocycles. The molecule has 62 valence electrons. The molecule has 0 aliphatic heterocycles. The number of halogens is 1. The number of aromatic nitrogens is 1. The van der Waals surface area contributed by atoms with Gasteiger partial charge in [-0.05, 0) is 6.42 Å². The summed E-state index contributed by atoms with van der Waals surface area (Å²) < 4.78 is 5.07. The van der Waals surface area contributed by atoms with Gasteiger partial charge in [0.05, 0.1) is 12.2 Å². The highest BCUT2D eigenvalue weighted by Gasteiger charge is 2.09. The van der Waals surface area contributed by atoms with Gasteiger partial charge in [0.15, 0.2) is 0 Å². The van der Waals surface area contributed by atoms with Crippen molar-refractivity contribution in [3.8, 4) is 0 Å². The van der Waals surface area contributed by atoms with E-state index < -0.39 is 0 Å². The molecular formula is C6H9BrN2O2. The van der Waals surface area contributed by atoms with Crippen molar-refractivity contribution in [2.75, 3.05) is 6.61 Å². The third-order valence-corrected chi connectivity index (χ3v) is 1.67. The van der Waals surface area contributed by atoms with Crippen LogP contribution in [0.15, 0.2) is 15.4 Å². The first-order chi connectivity index (χ1) is 5.24. The van der Waals surface area contributed by atoms with Crippen LogP contribution < -0.4 is 5.73 Å². The highest BCUT2D eigenvalue weighted by atomic mass is 79.9. The molecule has 0 aromatic carbocycles. The van der Waals surface area contributed by atoms with Crippen molar-refractivity contribution in [3.63, 3.8) is 0 Å². The number of aliphatic hydroxyl groups is 1. The Labute approximate surface area is 72.5 Å². The minimum absolute atomic E-state index is 0.0550. The van der Waals surface area contributed by atoms with Crippen LogP contribution in [0.5, 0.6) is 0 Å². The molecule has 0 aliphatic rings. The van der Waals surface area contributed by atoms with Crippen molar-refractivity contribution in [1.29, 1.82) is 0 Å². The molecule has 0 radical (unpaired) electrons. The zero-order chi connectivity index (χ0) is 8.27. The smallest absolute Gasteiger partial charge is 0.264 e. The quantitative estimate of drug-likeness (QED) is 0.792. The molecule has 1 aromatic heterocycles. The Morgan fingerprint density at radius 1 is 1.82 bits per heavy atom. The first kappa shape index (κ1) is 8.70. The second-order valence-corrected chi connectivity index (χ2v) is 2.81. The molecule has 1 unspecified atom stereocenters. The van der Waals surface area contributed by atoms with E-state index in [0.29, 0.717) is 17.0 Å². The number of nitrogens with zero attached hydrogens (tertiary/aromatic N) is 1. The molecule has 11 heavy (non-hydrogen) atoms. The minimum atomic E-state index is -0.265. The van der Waals surface area contributed by atoms with Crippen molar-refractivity contribution < 1.29 is 9.52 Å². The Balaban J connectivity index is 2.60.